The van der Waals surface area contributed by atoms with Gasteiger partial charge in [0.1, 0.15) is 5.82 Å². The van der Waals surface area contributed by atoms with Crippen LogP contribution in [0.15, 0.2) is 24.3 Å². The van der Waals surface area contributed by atoms with Crippen LogP contribution in [0.1, 0.15) is 84.6 Å². The second-order valence-corrected chi connectivity index (χ2v) is 7.32. The van der Waals surface area contributed by atoms with Crippen LogP contribution in [0.5, 0.6) is 0 Å². The minimum atomic E-state index is -1.00. The fourth-order valence-corrected chi connectivity index (χ4v) is 3.78. The van der Waals surface area contributed by atoms with Gasteiger partial charge in [-0.15, -0.1) is 0 Å². The molecule has 1 atom stereocenters. The highest BCUT2D eigenvalue weighted by Gasteiger charge is 2.41. The molecule has 0 radical (unpaired) electrons. The van der Waals surface area contributed by atoms with E-state index in [-0.39, 0.29) is 11.7 Å². The SMILES string of the molecule is CCCCCCCCC(CCc1cccc(F)c1)C(OCC)(OCC)OCC. The lowest BCUT2D eigenvalue weighted by Gasteiger charge is -2.39. The molecule has 3 nitrogen and oxygen atoms in total. The molecule has 28 heavy (non-hydrogen) atoms. The summed E-state index contributed by atoms with van der Waals surface area (Å²) in [5.74, 6) is -1.08. The quantitative estimate of drug-likeness (QED) is 0.212. The van der Waals surface area contributed by atoms with E-state index in [1.165, 1.54) is 38.2 Å². The Morgan fingerprint density at radius 3 is 2.00 bits per heavy atom. The number of hydrogen-bond acceptors (Lipinski definition) is 3. The van der Waals surface area contributed by atoms with Gasteiger partial charge in [-0.05, 0) is 57.7 Å². The summed E-state index contributed by atoms with van der Waals surface area (Å²) in [5.41, 5.74) is 1.01. The number of halogens is 1. The first-order chi connectivity index (χ1) is 13.6. The number of aryl methyl sites for hydroxylation is 1. The van der Waals surface area contributed by atoms with Gasteiger partial charge in [0.25, 0.3) is 5.97 Å². The minimum absolute atomic E-state index is 0.113. The van der Waals surface area contributed by atoms with Crippen molar-refractivity contribution in [2.24, 2.45) is 5.92 Å². The zero-order chi connectivity index (χ0) is 20.7. The molecule has 0 N–H and O–H groups in total. The summed E-state index contributed by atoms with van der Waals surface area (Å²) < 4.78 is 31.7. The summed E-state index contributed by atoms with van der Waals surface area (Å²) in [4.78, 5) is 0. The van der Waals surface area contributed by atoms with Gasteiger partial charge in [0, 0.05) is 25.7 Å². The monoisotopic (exact) mass is 396 g/mol. The summed E-state index contributed by atoms with van der Waals surface area (Å²) in [5, 5.41) is 0. The fraction of sp³-hybridized carbons (Fsp3) is 0.750. The van der Waals surface area contributed by atoms with Gasteiger partial charge in [-0.3, -0.25) is 0 Å². The third-order valence-electron chi connectivity index (χ3n) is 5.11. The zero-order valence-electron chi connectivity index (χ0n) is 18.5. The van der Waals surface area contributed by atoms with Crippen molar-refractivity contribution in [3.8, 4) is 0 Å². The molecule has 0 spiro atoms. The van der Waals surface area contributed by atoms with Crippen LogP contribution in [-0.4, -0.2) is 25.8 Å². The van der Waals surface area contributed by atoms with Gasteiger partial charge < -0.3 is 14.2 Å². The van der Waals surface area contributed by atoms with Crippen LogP contribution in [0.4, 0.5) is 4.39 Å². The standard InChI is InChI=1S/C24H41FO3/c1-5-9-10-11-12-13-16-22(19-18-21-15-14-17-23(25)20-21)24(26-6-2,27-7-3)28-8-4/h14-15,17,20,22H,5-13,16,18-19H2,1-4H3. The third kappa shape index (κ3) is 9.02. The normalized spacial score (nSPS) is 13.0. The Balaban J connectivity index is 2.82. The van der Waals surface area contributed by atoms with Crippen molar-refractivity contribution in [3.05, 3.63) is 35.6 Å². The zero-order valence-corrected chi connectivity index (χ0v) is 18.5. The molecule has 4 heteroatoms. The maximum absolute atomic E-state index is 13.6. The van der Waals surface area contributed by atoms with Gasteiger partial charge in [0.15, 0.2) is 0 Å². The molecule has 0 aliphatic rings. The van der Waals surface area contributed by atoms with Gasteiger partial charge in [-0.2, -0.15) is 0 Å². The highest BCUT2D eigenvalue weighted by atomic mass is 19.1. The number of unbranched alkanes of at least 4 members (excludes halogenated alkanes) is 5. The molecule has 0 amide bonds. The van der Waals surface area contributed by atoms with Gasteiger partial charge in [0.2, 0.25) is 0 Å². The van der Waals surface area contributed by atoms with Crippen molar-refractivity contribution in [2.75, 3.05) is 19.8 Å². The molecule has 1 aromatic carbocycles. The Labute approximate surface area is 172 Å². The number of ether oxygens (including phenoxy) is 3. The Hall–Kier alpha value is -0.970. The Bertz CT molecular complexity index is 489. The van der Waals surface area contributed by atoms with E-state index < -0.39 is 5.97 Å². The van der Waals surface area contributed by atoms with Crippen LogP contribution in [0.3, 0.4) is 0 Å². The lowest BCUT2D eigenvalue weighted by molar-refractivity contribution is -0.403. The van der Waals surface area contributed by atoms with Crippen LogP contribution in [0, 0.1) is 11.7 Å². The smallest absolute Gasteiger partial charge is 0.285 e. The topological polar surface area (TPSA) is 27.7 Å². The van der Waals surface area contributed by atoms with Crippen LogP contribution >= 0.6 is 0 Å². The molecular formula is C24H41FO3. The largest absolute Gasteiger partial charge is 0.328 e. The maximum atomic E-state index is 13.6. The van der Waals surface area contributed by atoms with E-state index in [0.29, 0.717) is 19.8 Å². The Kier molecular flexibility index (Phi) is 13.4. The van der Waals surface area contributed by atoms with Crippen LogP contribution in [-0.2, 0) is 20.6 Å². The minimum Gasteiger partial charge on any atom is -0.328 e. The lowest BCUT2D eigenvalue weighted by Crippen LogP contribution is -2.47. The summed E-state index contributed by atoms with van der Waals surface area (Å²) >= 11 is 0. The van der Waals surface area contributed by atoms with E-state index in [9.17, 15) is 4.39 Å². The molecule has 0 fully saturated rings. The summed E-state index contributed by atoms with van der Waals surface area (Å²) in [6, 6.07) is 6.86. The van der Waals surface area contributed by atoms with E-state index in [0.717, 1.165) is 31.2 Å². The fourth-order valence-electron chi connectivity index (χ4n) is 3.78. The predicted molar refractivity (Wildman–Crippen MR) is 114 cm³/mol. The number of rotatable bonds is 17. The van der Waals surface area contributed by atoms with Crippen LogP contribution in [0.25, 0.3) is 0 Å². The first-order valence-electron chi connectivity index (χ1n) is 11.3. The molecule has 0 heterocycles. The van der Waals surface area contributed by atoms with Gasteiger partial charge in [0.05, 0.1) is 0 Å². The average Bonchev–Trinajstić information content (AvgIpc) is 2.67. The molecule has 1 aromatic rings. The number of benzene rings is 1. The Morgan fingerprint density at radius 2 is 1.43 bits per heavy atom. The summed E-state index contributed by atoms with van der Waals surface area (Å²) in [6.45, 7) is 9.76. The first-order valence-corrected chi connectivity index (χ1v) is 11.3. The van der Waals surface area contributed by atoms with E-state index in [1.54, 1.807) is 12.1 Å². The van der Waals surface area contributed by atoms with E-state index in [4.69, 9.17) is 14.2 Å². The van der Waals surface area contributed by atoms with Crippen molar-refractivity contribution >= 4 is 0 Å². The van der Waals surface area contributed by atoms with E-state index in [1.807, 2.05) is 26.8 Å². The highest BCUT2D eigenvalue weighted by Crippen LogP contribution is 2.34. The van der Waals surface area contributed by atoms with Gasteiger partial charge >= 0.3 is 0 Å². The maximum Gasteiger partial charge on any atom is 0.285 e. The third-order valence-corrected chi connectivity index (χ3v) is 5.11. The van der Waals surface area contributed by atoms with Crippen molar-refractivity contribution in [1.29, 1.82) is 0 Å². The molecule has 0 bridgehead atoms. The molecular weight excluding hydrogens is 355 g/mol. The van der Waals surface area contributed by atoms with Gasteiger partial charge in [-0.25, -0.2) is 4.39 Å². The van der Waals surface area contributed by atoms with Crippen molar-refractivity contribution < 1.29 is 18.6 Å². The lowest BCUT2D eigenvalue weighted by atomic mass is 9.91. The van der Waals surface area contributed by atoms with Gasteiger partial charge in [-0.1, -0.05) is 57.6 Å². The molecule has 0 saturated carbocycles. The average molecular weight is 397 g/mol. The molecule has 1 unspecified atom stereocenters. The van der Waals surface area contributed by atoms with Crippen molar-refractivity contribution in [3.63, 3.8) is 0 Å². The highest BCUT2D eigenvalue weighted by molar-refractivity contribution is 5.16. The second kappa shape index (κ2) is 14.9. The van der Waals surface area contributed by atoms with E-state index in [2.05, 4.69) is 6.92 Å². The molecule has 162 valence electrons. The van der Waals surface area contributed by atoms with Crippen molar-refractivity contribution in [1.82, 2.24) is 0 Å². The number of hydrogen-bond donors (Lipinski definition) is 0. The van der Waals surface area contributed by atoms with Crippen molar-refractivity contribution in [2.45, 2.75) is 91.5 Å². The molecule has 1 rings (SSSR count). The van der Waals surface area contributed by atoms with Crippen LogP contribution < -0.4 is 0 Å². The first kappa shape index (κ1) is 25.1. The van der Waals surface area contributed by atoms with E-state index >= 15 is 0 Å². The second-order valence-electron chi connectivity index (χ2n) is 7.32. The molecule has 0 saturated heterocycles. The molecule has 0 aliphatic heterocycles. The molecule has 0 aromatic heterocycles. The predicted octanol–water partition coefficient (Wildman–Crippen LogP) is 6.89. The Morgan fingerprint density at radius 1 is 0.821 bits per heavy atom. The summed E-state index contributed by atoms with van der Waals surface area (Å²) in [6.07, 6.45) is 10.1. The molecule has 0 aliphatic carbocycles. The van der Waals surface area contributed by atoms with Crippen LogP contribution in [0.2, 0.25) is 0 Å². The summed E-state index contributed by atoms with van der Waals surface area (Å²) in [7, 11) is 0.